The highest BCUT2D eigenvalue weighted by molar-refractivity contribution is 14.1. The molecule has 0 aliphatic rings. The van der Waals surface area contributed by atoms with Crippen LogP contribution in [0.5, 0.6) is 0 Å². The molecule has 1 aromatic heterocycles. The van der Waals surface area contributed by atoms with Crippen LogP contribution in [0.15, 0.2) is 24.3 Å². The van der Waals surface area contributed by atoms with Crippen molar-refractivity contribution in [2.75, 3.05) is 5.73 Å². The van der Waals surface area contributed by atoms with Gasteiger partial charge >= 0.3 is 0 Å². The fourth-order valence-electron chi connectivity index (χ4n) is 1.34. The zero-order valence-corrected chi connectivity index (χ0v) is 11.5. The molecule has 0 aliphatic heterocycles. The lowest BCUT2D eigenvalue weighted by Crippen LogP contribution is -2.02. The van der Waals surface area contributed by atoms with E-state index in [9.17, 15) is 0 Å². The minimum Gasteiger partial charge on any atom is -0.383 e. The van der Waals surface area contributed by atoms with E-state index in [-0.39, 0.29) is 0 Å². The van der Waals surface area contributed by atoms with E-state index in [0.29, 0.717) is 16.7 Å². The number of nitrogens with two attached hydrogens (primary N) is 1. The summed E-state index contributed by atoms with van der Waals surface area (Å²) in [5.41, 5.74) is 7.56. The number of anilines is 1. The third-order valence-electron chi connectivity index (χ3n) is 2.13. The molecule has 0 spiro atoms. The standard InChI is InChI=1S/C11H9ClIN3/c1-6-9(13)10(14)16-11(15-6)7-3-2-4-8(12)5-7/h2-5H,1H3,(H2,14,15,16). The maximum atomic E-state index is 5.92. The lowest BCUT2D eigenvalue weighted by atomic mass is 10.2. The first-order chi connectivity index (χ1) is 7.58. The average molecular weight is 346 g/mol. The van der Waals surface area contributed by atoms with Gasteiger partial charge < -0.3 is 5.73 Å². The molecule has 1 aromatic carbocycles. The second-order valence-corrected chi connectivity index (χ2v) is 4.86. The van der Waals surface area contributed by atoms with E-state index < -0.39 is 0 Å². The minimum absolute atomic E-state index is 0.503. The van der Waals surface area contributed by atoms with Crippen molar-refractivity contribution in [2.24, 2.45) is 0 Å². The van der Waals surface area contributed by atoms with Gasteiger partial charge in [0.1, 0.15) is 5.82 Å². The zero-order valence-electron chi connectivity index (χ0n) is 8.54. The Hall–Kier alpha value is -0.880. The summed E-state index contributed by atoms with van der Waals surface area (Å²) >= 11 is 8.05. The Labute approximate surface area is 112 Å². The molecule has 0 atom stereocenters. The third-order valence-corrected chi connectivity index (χ3v) is 3.69. The molecule has 16 heavy (non-hydrogen) atoms. The summed E-state index contributed by atoms with van der Waals surface area (Å²) in [6.45, 7) is 1.91. The second-order valence-electron chi connectivity index (χ2n) is 3.34. The molecule has 2 rings (SSSR count). The van der Waals surface area contributed by atoms with Crippen molar-refractivity contribution in [1.29, 1.82) is 0 Å². The third kappa shape index (κ3) is 2.27. The fraction of sp³-hybridized carbons (Fsp3) is 0.0909. The first-order valence-electron chi connectivity index (χ1n) is 4.63. The lowest BCUT2D eigenvalue weighted by Gasteiger charge is -2.06. The van der Waals surface area contributed by atoms with Crippen LogP contribution in [-0.2, 0) is 0 Å². The highest BCUT2D eigenvalue weighted by Crippen LogP contribution is 2.23. The summed E-state index contributed by atoms with van der Waals surface area (Å²) in [5.74, 6) is 1.11. The summed E-state index contributed by atoms with van der Waals surface area (Å²) < 4.78 is 0.892. The van der Waals surface area contributed by atoms with Crippen molar-refractivity contribution in [3.8, 4) is 11.4 Å². The summed E-state index contributed by atoms with van der Waals surface area (Å²) in [7, 11) is 0. The summed E-state index contributed by atoms with van der Waals surface area (Å²) in [4.78, 5) is 8.63. The maximum Gasteiger partial charge on any atom is 0.161 e. The number of hydrogen-bond acceptors (Lipinski definition) is 3. The van der Waals surface area contributed by atoms with Crippen molar-refractivity contribution >= 4 is 40.0 Å². The van der Waals surface area contributed by atoms with E-state index in [4.69, 9.17) is 17.3 Å². The SMILES string of the molecule is Cc1nc(-c2cccc(Cl)c2)nc(N)c1I. The van der Waals surface area contributed by atoms with Crippen LogP contribution in [-0.4, -0.2) is 9.97 Å². The van der Waals surface area contributed by atoms with E-state index >= 15 is 0 Å². The van der Waals surface area contributed by atoms with Crippen LogP contribution in [0.4, 0.5) is 5.82 Å². The largest absolute Gasteiger partial charge is 0.383 e. The monoisotopic (exact) mass is 345 g/mol. The van der Waals surface area contributed by atoms with Gasteiger partial charge in [0, 0.05) is 10.6 Å². The predicted molar refractivity (Wildman–Crippen MR) is 74.3 cm³/mol. The van der Waals surface area contributed by atoms with Gasteiger partial charge in [-0.05, 0) is 41.6 Å². The van der Waals surface area contributed by atoms with Gasteiger partial charge in [0.2, 0.25) is 0 Å². The normalized spacial score (nSPS) is 10.4. The predicted octanol–water partition coefficient (Wildman–Crippen LogP) is 3.29. The molecule has 0 fully saturated rings. The first-order valence-corrected chi connectivity index (χ1v) is 6.09. The number of aryl methyl sites for hydroxylation is 1. The molecule has 0 radical (unpaired) electrons. The molecule has 0 saturated heterocycles. The molecule has 3 nitrogen and oxygen atoms in total. The molecule has 82 valence electrons. The summed E-state index contributed by atoms with van der Waals surface area (Å²) in [6.07, 6.45) is 0. The maximum absolute atomic E-state index is 5.92. The first kappa shape index (κ1) is 11.6. The molecule has 0 unspecified atom stereocenters. The molecule has 1 heterocycles. The van der Waals surface area contributed by atoms with Gasteiger partial charge in [-0.2, -0.15) is 0 Å². The Morgan fingerprint density at radius 2 is 2.06 bits per heavy atom. The molecule has 2 aromatic rings. The van der Waals surface area contributed by atoms with Crippen LogP contribution in [0.2, 0.25) is 5.02 Å². The van der Waals surface area contributed by atoms with Gasteiger partial charge in [0.15, 0.2) is 5.82 Å². The molecule has 0 aliphatic carbocycles. The van der Waals surface area contributed by atoms with Gasteiger partial charge in [-0.15, -0.1) is 0 Å². The summed E-state index contributed by atoms with van der Waals surface area (Å²) in [6, 6.07) is 7.41. The van der Waals surface area contributed by atoms with Gasteiger partial charge in [-0.25, -0.2) is 9.97 Å². The van der Waals surface area contributed by atoms with Crippen LogP contribution in [0.25, 0.3) is 11.4 Å². The van der Waals surface area contributed by atoms with E-state index in [1.54, 1.807) is 0 Å². The highest BCUT2D eigenvalue weighted by Gasteiger charge is 2.08. The number of hydrogen-bond donors (Lipinski definition) is 1. The van der Waals surface area contributed by atoms with Crippen molar-refractivity contribution < 1.29 is 0 Å². The van der Waals surface area contributed by atoms with E-state index in [2.05, 4.69) is 32.6 Å². The highest BCUT2D eigenvalue weighted by atomic mass is 127. The average Bonchev–Trinajstić information content (AvgIpc) is 2.25. The Kier molecular flexibility index (Phi) is 3.30. The van der Waals surface area contributed by atoms with Crippen molar-refractivity contribution in [3.05, 3.63) is 38.6 Å². The Morgan fingerprint density at radius 3 is 2.69 bits per heavy atom. The molecular formula is C11H9ClIN3. The van der Waals surface area contributed by atoms with Crippen LogP contribution < -0.4 is 5.73 Å². The molecule has 0 saturated carbocycles. The van der Waals surface area contributed by atoms with Crippen molar-refractivity contribution in [3.63, 3.8) is 0 Å². The van der Waals surface area contributed by atoms with Crippen LogP contribution in [0, 0.1) is 10.5 Å². The smallest absolute Gasteiger partial charge is 0.161 e. The van der Waals surface area contributed by atoms with Gasteiger partial charge in [0.05, 0.1) is 9.26 Å². The number of halogens is 2. The Balaban J connectivity index is 2.57. The van der Waals surface area contributed by atoms with E-state index in [0.717, 1.165) is 14.8 Å². The molecule has 5 heteroatoms. The number of benzene rings is 1. The van der Waals surface area contributed by atoms with Gasteiger partial charge in [-0.3, -0.25) is 0 Å². The number of rotatable bonds is 1. The zero-order chi connectivity index (χ0) is 11.7. The Morgan fingerprint density at radius 1 is 1.31 bits per heavy atom. The van der Waals surface area contributed by atoms with Crippen molar-refractivity contribution in [2.45, 2.75) is 6.92 Å². The topological polar surface area (TPSA) is 51.8 Å². The van der Waals surface area contributed by atoms with Crippen molar-refractivity contribution in [1.82, 2.24) is 9.97 Å². The summed E-state index contributed by atoms with van der Waals surface area (Å²) in [5, 5.41) is 0.663. The number of aromatic nitrogens is 2. The number of nitrogen functional groups attached to an aromatic ring is 1. The van der Waals surface area contributed by atoms with Crippen LogP contribution >= 0.6 is 34.2 Å². The van der Waals surface area contributed by atoms with E-state index in [1.165, 1.54) is 0 Å². The minimum atomic E-state index is 0.503. The molecular weight excluding hydrogens is 336 g/mol. The molecule has 0 bridgehead atoms. The van der Waals surface area contributed by atoms with Gasteiger partial charge in [0.25, 0.3) is 0 Å². The second kappa shape index (κ2) is 4.55. The quantitative estimate of drug-likeness (QED) is 0.807. The Bertz CT molecular complexity index is 519. The van der Waals surface area contributed by atoms with Gasteiger partial charge in [-0.1, -0.05) is 23.7 Å². The van der Waals surface area contributed by atoms with E-state index in [1.807, 2.05) is 31.2 Å². The fourth-order valence-corrected chi connectivity index (χ4v) is 1.77. The molecule has 0 amide bonds. The molecule has 2 N–H and O–H groups in total. The van der Waals surface area contributed by atoms with Crippen LogP contribution in [0.3, 0.4) is 0 Å². The number of nitrogens with zero attached hydrogens (tertiary/aromatic N) is 2. The lowest BCUT2D eigenvalue weighted by molar-refractivity contribution is 1.10. The van der Waals surface area contributed by atoms with Crippen LogP contribution in [0.1, 0.15) is 5.69 Å².